The summed E-state index contributed by atoms with van der Waals surface area (Å²) < 4.78 is 0. The lowest BCUT2D eigenvalue weighted by atomic mass is 10.2. The third-order valence-electron chi connectivity index (χ3n) is 3.57. The number of carbonyl (C=O) groups is 1. The number of para-hydroxylation sites is 1. The number of nitrogens with zero attached hydrogens (tertiary/aromatic N) is 3. The van der Waals surface area contributed by atoms with E-state index >= 15 is 0 Å². The Balaban J connectivity index is 1.69. The number of aromatic nitrogens is 3. The minimum absolute atomic E-state index is 0.119. The van der Waals surface area contributed by atoms with E-state index in [1.807, 2.05) is 18.2 Å². The standard InChI is InChI=1S/C16H11N5O2/c22-15(9-5-6-12-13(7-9)18-8-17-12)21-20-14-10-3-1-2-4-11(10)19-16(14)23/h1-8,19,23H,(H,17,18). The monoisotopic (exact) mass is 305 g/mol. The van der Waals surface area contributed by atoms with Gasteiger partial charge in [0, 0.05) is 10.9 Å². The predicted molar refractivity (Wildman–Crippen MR) is 84.9 cm³/mol. The average Bonchev–Trinajstić information content (AvgIpc) is 3.15. The van der Waals surface area contributed by atoms with Crippen LogP contribution in [0.15, 0.2) is 59.0 Å². The van der Waals surface area contributed by atoms with Gasteiger partial charge in [-0.3, -0.25) is 4.79 Å². The molecule has 0 fully saturated rings. The largest absolute Gasteiger partial charge is 0.493 e. The molecule has 0 spiro atoms. The van der Waals surface area contributed by atoms with Crippen LogP contribution in [0.2, 0.25) is 0 Å². The first-order chi connectivity index (χ1) is 11.2. The molecule has 0 bridgehead atoms. The van der Waals surface area contributed by atoms with Crippen LogP contribution in [0.3, 0.4) is 0 Å². The van der Waals surface area contributed by atoms with E-state index in [2.05, 4.69) is 25.2 Å². The fourth-order valence-corrected chi connectivity index (χ4v) is 2.44. The van der Waals surface area contributed by atoms with Gasteiger partial charge in [0.2, 0.25) is 5.88 Å². The van der Waals surface area contributed by atoms with Crippen molar-refractivity contribution in [1.82, 2.24) is 15.0 Å². The Morgan fingerprint density at radius 1 is 1.13 bits per heavy atom. The van der Waals surface area contributed by atoms with Gasteiger partial charge in [-0.2, -0.15) is 0 Å². The zero-order valence-corrected chi connectivity index (χ0v) is 11.8. The van der Waals surface area contributed by atoms with Gasteiger partial charge in [0.05, 0.1) is 22.9 Å². The molecule has 4 rings (SSSR count). The van der Waals surface area contributed by atoms with Crippen molar-refractivity contribution in [3.05, 3.63) is 54.4 Å². The fraction of sp³-hybridized carbons (Fsp3) is 0. The number of aromatic hydroxyl groups is 1. The van der Waals surface area contributed by atoms with Gasteiger partial charge in [0.25, 0.3) is 5.91 Å². The molecular formula is C16H11N5O2. The number of H-pyrrole nitrogens is 2. The number of imidazole rings is 1. The van der Waals surface area contributed by atoms with E-state index in [0.29, 0.717) is 10.9 Å². The van der Waals surface area contributed by atoms with Crippen LogP contribution in [0.5, 0.6) is 5.88 Å². The van der Waals surface area contributed by atoms with Gasteiger partial charge in [0.1, 0.15) is 0 Å². The third-order valence-corrected chi connectivity index (χ3v) is 3.57. The SMILES string of the molecule is O=C(N=Nc1c(O)[nH]c2ccccc12)c1ccc2nc[nH]c2c1. The van der Waals surface area contributed by atoms with Crippen molar-refractivity contribution in [3.8, 4) is 5.88 Å². The Kier molecular flexibility index (Phi) is 2.90. The molecule has 0 radical (unpaired) electrons. The highest BCUT2D eigenvalue weighted by atomic mass is 16.3. The number of hydrogen-bond acceptors (Lipinski definition) is 4. The summed E-state index contributed by atoms with van der Waals surface area (Å²) in [7, 11) is 0. The van der Waals surface area contributed by atoms with Crippen molar-refractivity contribution in [2.24, 2.45) is 10.2 Å². The first-order valence-corrected chi connectivity index (χ1v) is 6.91. The maximum absolute atomic E-state index is 12.2. The molecular weight excluding hydrogens is 294 g/mol. The van der Waals surface area contributed by atoms with E-state index in [0.717, 1.165) is 16.6 Å². The number of carbonyl (C=O) groups excluding carboxylic acids is 1. The fourth-order valence-electron chi connectivity index (χ4n) is 2.44. The zero-order valence-electron chi connectivity index (χ0n) is 11.8. The topological polar surface area (TPSA) is 106 Å². The lowest BCUT2D eigenvalue weighted by Gasteiger charge is -1.95. The molecule has 112 valence electrons. The van der Waals surface area contributed by atoms with Crippen LogP contribution in [-0.4, -0.2) is 26.0 Å². The Morgan fingerprint density at radius 3 is 2.91 bits per heavy atom. The van der Waals surface area contributed by atoms with Crippen molar-refractivity contribution in [3.63, 3.8) is 0 Å². The van der Waals surface area contributed by atoms with Gasteiger partial charge >= 0.3 is 0 Å². The number of fused-ring (bicyclic) bond motifs is 2. The number of nitrogens with one attached hydrogen (secondary N) is 2. The van der Waals surface area contributed by atoms with Gasteiger partial charge in [-0.1, -0.05) is 18.2 Å². The van der Waals surface area contributed by atoms with E-state index in [1.165, 1.54) is 0 Å². The van der Waals surface area contributed by atoms with Gasteiger partial charge in [0.15, 0.2) is 5.69 Å². The molecule has 2 aromatic heterocycles. The summed E-state index contributed by atoms with van der Waals surface area (Å²) in [6.07, 6.45) is 1.56. The molecule has 0 aliphatic heterocycles. The minimum atomic E-state index is -0.494. The van der Waals surface area contributed by atoms with Crippen LogP contribution in [0, 0.1) is 0 Å². The van der Waals surface area contributed by atoms with E-state index in [1.54, 1.807) is 30.6 Å². The number of aromatic amines is 2. The average molecular weight is 305 g/mol. The molecule has 7 heteroatoms. The van der Waals surface area contributed by atoms with Crippen molar-refractivity contribution in [1.29, 1.82) is 0 Å². The maximum Gasteiger partial charge on any atom is 0.295 e. The summed E-state index contributed by atoms with van der Waals surface area (Å²) in [5.41, 5.74) is 2.89. The molecule has 23 heavy (non-hydrogen) atoms. The summed E-state index contributed by atoms with van der Waals surface area (Å²) in [5.74, 6) is -0.613. The predicted octanol–water partition coefficient (Wildman–Crippen LogP) is 3.67. The molecule has 0 aliphatic rings. The molecule has 0 saturated heterocycles. The van der Waals surface area contributed by atoms with Gasteiger partial charge in [-0.05, 0) is 24.3 Å². The summed E-state index contributed by atoms with van der Waals surface area (Å²) >= 11 is 0. The zero-order chi connectivity index (χ0) is 15.8. The van der Waals surface area contributed by atoms with Crippen LogP contribution in [0.25, 0.3) is 21.9 Å². The maximum atomic E-state index is 12.2. The number of benzene rings is 2. The highest BCUT2D eigenvalue weighted by molar-refractivity contribution is 5.98. The van der Waals surface area contributed by atoms with E-state index in [-0.39, 0.29) is 11.6 Å². The Labute approximate surface area is 129 Å². The number of rotatable bonds is 2. The minimum Gasteiger partial charge on any atom is -0.493 e. The summed E-state index contributed by atoms with van der Waals surface area (Å²) in [6.45, 7) is 0. The van der Waals surface area contributed by atoms with Crippen LogP contribution < -0.4 is 0 Å². The second-order valence-electron chi connectivity index (χ2n) is 5.01. The molecule has 7 nitrogen and oxygen atoms in total. The summed E-state index contributed by atoms with van der Waals surface area (Å²) in [4.78, 5) is 22.0. The molecule has 3 N–H and O–H groups in total. The second-order valence-corrected chi connectivity index (χ2v) is 5.01. The van der Waals surface area contributed by atoms with Gasteiger partial charge in [-0.15, -0.1) is 10.2 Å². The normalized spacial score (nSPS) is 11.7. The summed E-state index contributed by atoms with van der Waals surface area (Å²) in [6, 6.07) is 12.3. The molecule has 2 heterocycles. The molecule has 4 aromatic rings. The van der Waals surface area contributed by atoms with Gasteiger partial charge in [-0.25, -0.2) is 4.98 Å². The smallest absolute Gasteiger partial charge is 0.295 e. The molecule has 1 amide bonds. The van der Waals surface area contributed by atoms with Crippen LogP contribution in [0.1, 0.15) is 10.4 Å². The van der Waals surface area contributed by atoms with E-state index < -0.39 is 5.91 Å². The van der Waals surface area contributed by atoms with Crippen molar-refractivity contribution in [2.75, 3.05) is 0 Å². The van der Waals surface area contributed by atoms with Crippen molar-refractivity contribution >= 4 is 33.5 Å². The number of amides is 1. The van der Waals surface area contributed by atoms with E-state index in [9.17, 15) is 9.90 Å². The molecule has 0 atom stereocenters. The van der Waals surface area contributed by atoms with Crippen LogP contribution >= 0.6 is 0 Å². The van der Waals surface area contributed by atoms with Crippen LogP contribution in [0.4, 0.5) is 5.69 Å². The van der Waals surface area contributed by atoms with Crippen molar-refractivity contribution < 1.29 is 9.90 Å². The first kappa shape index (κ1) is 13.2. The highest BCUT2D eigenvalue weighted by Crippen LogP contribution is 2.35. The lowest BCUT2D eigenvalue weighted by molar-refractivity contribution is 0.0995. The molecule has 0 unspecified atom stereocenters. The Bertz CT molecular complexity index is 1060. The molecule has 0 saturated carbocycles. The van der Waals surface area contributed by atoms with E-state index in [4.69, 9.17) is 0 Å². The number of azo groups is 1. The quantitative estimate of drug-likeness (QED) is 0.492. The summed E-state index contributed by atoms with van der Waals surface area (Å²) in [5, 5.41) is 18.2. The highest BCUT2D eigenvalue weighted by Gasteiger charge is 2.11. The van der Waals surface area contributed by atoms with Crippen LogP contribution in [-0.2, 0) is 0 Å². The Hall–Kier alpha value is -3.48. The second kappa shape index (κ2) is 5.06. The third kappa shape index (κ3) is 2.24. The Morgan fingerprint density at radius 2 is 2.00 bits per heavy atom. The first-order valence-electron chi connectivity index (χ1n) is 6.91. The van der Waals surface area contributed by atoms with Gasteiger partial charge < -0.3 is 15.1 Å². The van der Waals surface area contributed by atoms with Crippen molar-refractivity contribution in [2.45, 2.75) is 0 Å². The lowest BCUT2D eigenvalue weighted by Crippen LogP contribution is -1.93. The number of hydrogen-bond donors (Lipinski definition) is 3. The molecule has 2 aromatic carbocycles. The molecule has 0 aliphatic carbocycles.